The zero-order valence-electron chi connectivity index (χ0n) is 24.7. The van der Waals surface area contributed by atoms with E-state index in [1.807, 2.05) is 6.92 Å². The SMILES string of the molecule is CCCCCCCCCCCCCCCCO[C@H]1O[C@H](COCC(O)CO)[C@@H](O)[C@H](O)[C@H]1NC(=O)CCCC. The molecule has 1 saturated heterocycles. The predicted octanol–water partition coefficient (Wildman–Crippen LogP) is 3.98. The van der Waals surface area contributed by atoms with E-state index in [1.54, 1.807) is 0 Å². The normalized spacial score (nSPS) is 24.1. The highest BCUT2D eigenvalue weighted by atomic mass is 16.7. The van der Waals surface area contributed by atoms with Crippen molar-refractivity contribution in [3.05, 3.63) is 0 Å². The summed E-state index contributed by atoms with van der Waals surface area (Å²) in [5, 5.41) is 42.5. The van der Waals surface area contributed by atoms with Gasteiger partial charge < -0.3 is 40.0 Å². The second-order valence-electron chi connectivity index (χ2n) is 11.1. The summed E-state index contributed by atoms with van der Waals surface area (Å²) in [5.41, 5.74) is 0. The molecule has 5 N–H and O–H groups in total. The average molecular weight is 562 g/mol. The van der Waals surface area contributed by atoms with Crippen LogP contribution in [0.5, 0.6) is 0 Å². The van der Waals surface area contributed by atoms with Crippen molar-refractivity contribution >= 4 is 5.91 Å². The van der Waals surface area contributed by atoms with Crippen molar-refractivity contribution in [3.63, 3.8) is 0 Å². The molecule has 9 nitrogen and oxygen atoms in total. The Morgan fingerprint density at radius 3 is 1.90 bits per heavy atom. The summed E-state index contributed by atoms with van der Waals surface area (Å²) in [6.07, 6.45) is 14.2. The summed E-state index contributed by atoms with van der Waals surface area (Å²) in [6, 6.07) is -0.893. The second-order valence-corrected chi connectivity index (χ2v) is 11.1. The molecule has 1 aliphatic rings. The van der Waals surface area contributed by atoms with Gasteiger partial charge in [0.2, 0.25) is 5.91 Å². The van der Waals surface area contributed by atoms with Gasteiger partial charge in [0.25, 0.3) is 0 Å². The van der Waals surface area contributed by atoms with Crippen molar-refractivity contribution in [2.24, 2.45) is 0 Å². The van der Waals surface area contributed by atoms with E-state index in [4.69, 9.17) is 19.3 Å². The van der Waals surface area contributed by atoms with Crippen LogP contribution in [0.4, 0.5) is 0 Å². The molecule has 1 amide bonds. The average Bonchev–Trinajstić information content (AvgIpc) is 2.93. The van der Waals surface area contributed by atoms with Crippen LogP contribution in [0.3, 0.4) is 0 Å². The van der Waals surface area contributed by atoms with Crippen LogP contribution in [0.25, 0.3) is 0 Å². The standard InChI is InChI=1S/C30H59NO8/c1-3-5-7-8-9-10-11-12-13-14-15-16-17-18-20-38-30-27(31-26(34)19-6-4-2)29(36)28(35)25(39-30)23-37-22-24(33)21-32/h24-25,27-30,32-33,35-36H,3-23H2,1-2H3,(H,31,34)/t24?,25-,27-,28-,29-,30+/m1/s1. The number of rotatable bonds is 25. The fourth-order valence-corrected chi connectivity index (χ4v) is 4.83. The first-order valence-corrected chi connectivity index (χ1v) is 15.7. The lowest BCUT2D eigenvalue weighted by atomic mass is 9.96. The molecule has 0 aliphatic carbocycles. The summed E-state index contributed by atoms with van der Waals surface area (Å²) < 4.78 is 17.2. The van der Waals surface area contributed by atoms with E-state index >= 15 is 0 Å². The number of carbonyl (C=O) groups is 1. The molecule has 232 valence electrons. The van der Waals surface area contributed by atoms with Gasteiger partial charge in [-0.05, 0) is 12.8 Å². The monoisotopic (exact) mass is 561 g/mol. The minimum atomic E-state index is -1.30. The maximum atomic E-state index is 12.4. The molecule has 0 radical (unpaired) electrons. The Morgan fingerprint density at radius 1 is 0.821 bits per heavy atom. The molecule has 1 fully saturated rings. The van der Waals surface area contributed by atoms with Crippen molar-refractivity contribution < 1.29 is 39.4 Å². The van der Waals surface area contributed by atoms with Crippen molar-refractivity contribution in [1.82, 2.24) is 5.32 Å². The topological polar surface area (TPSA) is 138 Å². The fraction of sp³-hybridized carbons (Fsp3) is 0.967. The summed E-state index contributed by atoms with van der Waals surface area (Å²) in [6.45, 7) is 4.02. The molecule has 0 saturated carbocycles. The van der Waals surface area contributed by atoms with E-state index in [2.05, 4.69) is 12.2 Å². The molecule has 1 unspecified atom stereocenters. The highest BCUT2D eigenvalue weighted by Crippen LogP contribution is 2.23. The molecule has 1 heterocycles. The summed E-state index contributed by atoms with van der Waals surface area (Å²) in [5.74, 6) is -0.220. The van der Waals surface area contributed by atoms with Gasteiger partial charge in [0.15, 0.2) is 6.29 Å². The number of hydrogen-bond acceptors (Lipinski definition) is 8. The van der Waals surface area contributed by atoms with Gasteiger partial charge in [-0.3, -0.25) is 4.79 Å². The number of hydrogen-bond donors (Lipinski definition) is 5. The molecule has 9 heteroatoms. The minimum Gasteiger partial charge on any atom is -0.394 e. The van der Waals surface area contributed by atoms with Crippen LogP contribution in [0.1, 0.15) is 123 Å². The number of carbonyl (C=O) groups excluding carboxylic acids is 1. The Balaban J connectivity index is 2.34. The highest BCUT2D eigenvalue weighted by molar-refractivity contribution is 5.76. The van der Waals surface area contributed by atoms with Gasteiger partial charge in [0.05, 0.1) is 19.8 Å². The van der Waals surface area contributed by atoms with Crippen LogP contribution in [-0.4, -0.2) is 89.5 Å². The number of ether oxygens (including phenoxy) is 3. The first-order valence-electron chi connectivity index (χ1n) is 15.7. The Bertz CT molecular complexity index is 581. The van der Waals surface area contributed by atoms with Gasteiger partial charge in [0, 0.05) is 13.0 Å². The lowest BCUT2D eigenvalue weighted by molar-refractivity contribution is -0.273. The van der Waals surface area contributed by atoms with E-state index in [-0.39, 0.29) is 19.1 Å². The van der Waals surface area contributed by atoms with Crippen molar-refractivity contribution in [3.8, 4) is 0 Å². The Kier molecular flexibility index (Phi) is 22.1. The van der Waals surface area contributed by atoms with Crippen molar-refractivity contribution in [1.29, 1.82) is 0 Å². The van der Waals surface area contributed by atoms with E-state index < -0.39 is 43.4 Å². The van der Waals surface area contributed by atoms with E-state index in [0.29, 0.717) is 13.0 Å². The molecule has 0 aromatic rings. The van der Waals surface area contributed by atoms with E-state index in [0.717, 1.165) is 32.1 Å². The largest absolute Gasteiger partial charge is 0.394 e. The Morgan fingerprint density at radius 2 is 1.36 bits per heavy atom. The molecule has 6 atom stereocenters. The third kappa shape index (κ3) is 16.9. The van der Waals surface area contributed by atoms with Gasteiger partial charge in [-0.1, -0.05) is 104 Å². The molecule has 39 heavy (non-hydrogen) atoms. The predicted molar refractivity (Wildman–Crippen MR) is 152 cm³/mol. The zero-order chi connectivity index (χ0) is 28.7. The smallest absolute Gasteiger partial charge is 0.220 e. The van der Waals surface area contributed by atoms with Crippen LogP contribution in [0.2, 0.25) is 0 Å². The Hall–Kier alpha value is -0.810. The highest BCUT2D eigenvalue weighted by Gasteiger charge is 2.45. The van der Waals surface area contributed by atoms with Crippen molar-refractivity contribution in [2.75, 3.05) is 26.4 Å². The summed E-state index contributed by atoms with van der Waals surface area (Å²) in [4.78, 5) is 12.4. The lowest BCUT2D eigenvalue weighted by Gasteiger charge is -2.42. The minimum absolute atomic E-state index is 0.0928. The first-order chi connectivity index (χ1) is 18.9. The van der Waals surface area contributed by atoms with Gasteiger partial charge in [-0.25, -0.2) is 0 Å². The zero-order valence-corrected chi connectivity index (χ0v) is 24.7. The quantitative estimate of drug-likeness (QED) is 0.106. The third-order valence-corrected chi connectivity index (χ3v) is 7.37. The first kappa shape index (κ1) is 36.2. The number of aliphatic hydroxyl groups is 4. The summed E-state index contributed by atoms with van der Waals surface area (Å²) >= 11 is 0. The third-order valence-electron chi connectivity index (χ3n) is 7.37. The molecular formula is C30H59NO8. The number of unbranched alkanes of at least 4 members (excludes halogenated alkanes) is 14. The molecule has 0 bridgehead atoms. The lowest BCUT2D eigenvalue weighted by Crippen LogP contribution is -2.65. The van der Waals surface area contributed by atoms with Gasteiger partial charge >= 0.3 is 0 Å². The number of aliphatic hydroxyl groups excluding tert-OH is 4. The molecule has 1 aliphatic heterocycles. The van der Waals surface area contributed by atoms with Crippen LogP contribution >= 0.6 is 0 Å². The molecular weight excluding hydrogens is 502 g/mol. The van der Waals surface area contributed by atoms with Gasteiger partial charge in [0.1, 0.15) is 30.5 Å². The van der Waals surface area contributed by atoms with Crippen LogP contribution in [-0.2, 0) is 19.0 Å². The van der Waals surface area contributed by atoms with Crippen LogP contribution in [0, 0.1) is 0 Å². The molecule has 1 rings (SSSR count). The second kappa shape index (κ2) is 23.9. The summed E-state index contributed by atoms with van der Waals surface area (Å²) in [7, 11) is 0. The fourth-order valence-electron chi connectivity index (χ4n) is 4.83. The number of nitrogens with one attached hydrogen (secondary N) is 1. The van der Waals surface area contributed by atoms with Crippen molar-refractivity contribution in [2.45, 2.75) is 160 Å². The van der Waals surface area contributed by atoms with Gasteiger partial charge in [-0.15, -0.1) is 0 Å². The van der Waals surface area contributed by atoms with E-state index in [9.17, 15) is 20.1 Å². The maximum absolute atomic E-state index is 12.4. The molecule has 0 aromatic heterocycles. The van der Waals surface area contributed by atoms with Crippen LogP contribution < -0.4 is 5.32 Å². The maximum Gasteiger partial charge on any atom is 0.220 e. The molecule has 0 spiro atoms. The van der Waals surface area contributed by atoms with Crippen LogP contribution in [0.15, 0.2) is 0 Å². The Labute approximate surface area is 237 Å². The number of amides is 1. The molecule has 0 aromatic carbocycles. The van der Waals surface area contributed by atoms with Gasteiger partial charge in [-0.2, -0.15) is 0 Å². The van der Waals surface area contributed by atoms with E-state index in [1.165, 1.54) is 70.6 Å².